The molecule has 0 radical (unpaired) electrons. The summed E-state index contributed by atoms with van der Waals surface area (Å²) in [6.45, 7) is 6.60. The lowest BCUT2D eigenvalue weighted by molar-refractivity contribution is -0.121. The van der Waals surface area contributed by atoms with Gasteiger partial charge in [-0.15, -0.1) is 0 Å². The molecule has 0 bridgehead atoms. The van der Waals surface area contributed by atoms with Crippen molar-refractivity contribution in [2.75, 3.05) is 17.3 Å². The number of amides is 1. The number of aromatic nitrogens is 1. The van der Waals surface area contributed by atoms with Crippen molar-refractivity contribution in [3.05, 3.63) is 18.3 Å². The third-order valence-corrected chi connectivity index (χ3v) is 2.37. The molecule has 1 unspecified atom stereocenters. The summed E-state index contributed by atoms with van der Waals surface area (Å²) in [5.41, 5.74) is 3.25. The Morgan fingerprint density at radius 2 is 2.17 bits per heavy atom. The smallest absolute Gasteiger partial charge is 0.242 e. The largest absolute Gasteiger partial charge is 0.374 e. The minimum atomic E-state index is -0.309. The number of hydrazine groups is 1. The summed E-state index contributed by atoms with van der Waals surface area (Å²) >= 11 is 0. The number of hydrogen-bond donors (Lipinski definition) is 4. The number of nitrogens with zero attached hydrogens (tertiary/aromatic N) is 1. The number of nitrogens with one attached hydrogen (secondary N) is 3. The zero-order chi connectivity index (χ0) is 13.5. The Balaban J connectivity index is 2.52. The van der Waals surface area contributed by atoms with Gasteiger partial charge >= 0.3 is 0 Å². The van der Waals surface area contributed by atoms with Gasteiger partial charge in [0.25, 0.3) is 0 Å². The summed E-state index contributed by atoms with van der Waals surface area (Å²) in [5, 5.41) is 5.97. The number of anilines is 2. The topological polar surface area (TPSA) is 92.1 Å². The second kappa shape index (κ2) is 6.80. The van der Waals surface area contributed by atoms with Crippen LogP contribution >= 0.6 is 0 Å². The third kappa shape index (κ3) is 4.58. The van der Waals surface area contributed by atoms with Crippen molar-refractivity contribution in [1.29, 1.82) is 0 Å². The maximum atomic E-state index is 11.8. The molecule has 1 atom stereocenters. The van der Waals surface area contributed by atoms with Gasteiger partial charge in [-0.3, -0.25) is 4.79 Å². The van der Waals surface area contributed by atoms with E-state index in [-0.39, 0.29) is 11.9 Å². The minimum Gasteiger partial charge on any atom is -0.374 e. The van der Waals surface area contributed by atoms with Crippen molar-refractivity contribution in [1.82, 2.24) is 10.3 Å². The number of nitrogen functional groups attached to an aromatic ring is 1. The molecule has 1 heterocycles. The molecule has 1 aromatic heterocycles. The van der Waals surface area contributed by atoms with Crippen molar-refractivity contribution in [2.45, 2.75) is 26.8 Å². The quantitative estimate of drug-likeness (QED) is 0.446. The Bertz CT molecular complexity index is 394. The van der Waals surface area contributed by atoms with Gasteiger partial charge in [0.15, 0.2) is 0 Å². The number of carbonyl (C=O) groups is 1. The van der Waals surface area contributed by atoms with E-state index in [0.29, 0.717) is 18.3 Å². The normalized spacial score (nSPS) is 12.1. The lowest BCUT2D eigenvalue weighted by Crippen LogP contribution is -2.39. The van der Waals surface area contributed by atoms with Gasteiger partial charge in [-0.25, -0.2) is 10.8 Å². The average Bonchev–Trinajstić information content (AvgIpc) is 2.36. The molecule has 0 saturated heterocycles. The van der Waals surface area contributed by atoms with Crippen LogP contribution in [-0.4, -0.2) is 23.5 Å². The van der Waals surface area contributed by atoms with Crippen LogP contribution in [0.1, 0.15) is 20.8 Å². The van der Waals surface area contributed by atoms with E-state index in [2.05, 4.69) is 34.9 Å². The van der Waals surface area contributed by atoms with Gasteiger partial charge in [0, 0.05) is 24.5 Å². The predicted molar refractivity (Wildman–Crippen MR) is 73.0 cm³/mol. The number of hydrogen-bond acceptors (Lipinski definition) is 5. The number of pyridine rings is 1. The first-order valence-corrected chi connectivity index (χ1v) is 6.00. The highest BCUT2D eigenvalue weighted by atomic mass is 16.2. The maximum absolute atomic E-state index is 11.8. The molecule has 0 fully saturated rings. The maximum Gasteiger partial charge on any atom is 0.242 e. The van der Waals surface area contributed by atoms with Crippen LogP contribution in [0.5, 0.6) is 0 Å². The van der Waals surface area contributed by atoms with E-state index in [9.17, 15) is 4.79 Å². The molecular formula is C12H21N5O. The van der Waals surface area contributed by atoms with E-state index in [4.69, 9.17) is 5.84 Å². The van der Waals surface area contributed by atoms with Crippen LogP contribution in [0, 0.1) is 5.92 Å². The van der Waals surface area contributed by atoms with Gasteiger partial charge in [0.1, 0.15) is 11.9 Å². The molecular weight excluding hydrogens is 230 g/mol. The molecule has 1 amide bonds. The van der Waals surface area contributed by atoms with E-state index in [1.807, 2.05) is 6.92 Å². The first-order chi connectivity index (χ1) is 8.52. The van der Waals surface area contributed by atoms with Gasteiger partial charge in [-0.05, 0) is 18.9 Å². The Kier molecular flexibility index (Phi) is 5.38. The first-order valence-electron chi connectivity index (χ1n) is 6.00. The number of rotatable bonds is 6. The molecule has 0 saturated carbocycles. The SMILES string of the molecule is CC(C)CNC(=O)C(C)Nc1ccnc(NN)c1. The van der Waals surface area contributed by atoms with Gasteiger partial charge < -0.3 is 16.1 Å². The average molecular weight is 251 g/mol. The van der Waals surface area contributed by atoms with Crippen LogP contribution < -0.4 is 21.9 Å². The van der Waals surface area contributed by atoms with Crippen molar-refractivity contribution in [3.8, 4) is 0 Å². The van der Waals surface area contributed by atoms with E-state index < -0.39 is 0 Å². The molecule has 0 aliphatic carbocycles. The standard InChI is InChI=1S/C12H21N5O/c1-8(2)7-15-12(18)9(3)16-10-4-5-14-11(6-10)17-13/h4-6,8-9H,7,13H2,1-3H3,(H,15,18)(H2,14,16,17). The monoisotopic (exact) mass is 251 g/mol. The van der Waals surface area contributed by atoms with Crippen molar-refractivity contribution < 1.29 is 4.79 Å². The Hall–Kier alpha value is -1.82. The molecule has 6 heteroatoms. The second-order valence-electron chi connectivity index (χ2n) is 4.58. The van der Waals surface area contributed by atoms with Crippen LogP contribution in [0.25, 0.3) is 0 Å². The highest BCUT2D eigenvalue weighted by Gasteiger charge is 2.12. The lowest BCUT2D eigenvalue weighted by Gasteiger charge is -2.16. The minimum absolute atomic E-state index is 0.0252. The van der Waals surface area contributed by atoms with Crippen molar-refractivity contribution in [2.24, 2.45) is 11.8 Å². The van der Waals surface area contributed by atoms with Gasteiger partial charge in [-0.2, -0.15) is 0 Å². The van der Waals surface area contributed by atoms with Crippen molar-refractivity contribution >= 4 is 17.4 Å². The van der Waals surface area contributed by atoms with Gasteiger partial charge in [0.05, 0.1) is 0 Å². The van der Waals surface area contributed by atoms with E-state index in [1.165, 1.54) is 0 Å². The van der Waals surface area contributed by atoms with Crippen LogP contribution in [0.15, 0.2) is 18.3 Å². The fourth-order valence-electron chi connectivity index (χ4n) is 1.37. The molecule has 0 spiro atoms. The molecule has 18 heavy (non-hydrogen) atoms. The van der Waals surface area contributed by atoms with E-state index in [1.54, 1.807) is 18.3 Å². The summed E-state index contributed by atoms with van der Waals surface area (Å²) in [4.78, 5) is 15.8. The van der Waals surface area contributed by atoms with Crippen molar-refractivity contribution in [3.63, 3.8) is 0 Å². The molecule has 1 rings (SSSR count). The summed E-state index contributed by atoms with van der Waals surface area (Å²) in [5.74, 6) is 6.24. The Labute approximate surface area is 107 Å². The predicted octanol–water partition coefficient (Wildman–Crippen LogP) is 0.940. The lowest BCUT2D eigenvalue weighted by atomic mass is 10.2. The molecule has 5 N–H and O–H groups in total. The molecule has 100 valence electrons. The van der Waals surface area contributed by atoms with Crippen LogP contribution in [0.4, 0.5) is 11.5 Å². The molecule has 0 aliphatic heterocycles. The molecule has 0 aliphatic rings. The summed E-state index contributed by atoms with van der Waals surface area (Å²) in [7, 11) is 0. The van der Waals surface area contributed by atoms with E-state index >= 15 is 0 Å². The van der Waals surface area contributed by atoms with Gasteiger partial charge in [-0.1, -0.05) is 13.8 Å². The van der Waals surface area contributed by atoms with Gasteiger partial charge in [0.2, 0.25) is 5.91 Å². The van der Waals surface area contributed by atoms with Crippen LogP contribution in [-0.2, 0) is 4.79 Å². The number of nitrogens with two attached hydrogens (primary N) is 1. The van der Waals surface area contributed by atoms with Crippen LogP contribution in [0.3, 0.4) is 0 Å². The summed E-state index contributed by atoms with van der Waals surface area (Å²) in [6, 6.07) is 3.22. The highest BCUT2D eigenvalue weighted by Crippen LogP contribution is 2.11. The molecule has 6 nitrogen and oxygen atoms in total. The van der Waals surface area contributed by atoms with Crippen LogP contribution in [0.2, 0.25) is 0 Å². The first kappa shape index (κ1) is 14.2. The highest BCUT2D eigenvalue weighted by molar-refractivity contribution is 5.84. The molecule has 0 aromatic carbocycles. The Morgan fingerprint density at radius 1 is 1.44 bits per heavy atom. The van der Waals surface area contributed by atoms with E-state index in [0.717, 1.165) is 5.69 Å². The summed E-state index contributed by atoms with van der Waals surface area (Å²) in [6.07, 6.45) is 1.62. The number of carbonyl (C=O) groups excluding carboxylic acids is 1. The fraction of sp³-hybridized carbons (Fsp3) is 0.500. The zero-order valence-corrected chi connectivity index (χ0v) is 11.0. The second-order valence-corrected chi connectivity index (χ2v) is 4.58. The Morgan fingerprint density at radius 3 is 2.78 bits per heavy atom. The fourth-order valence-corrected chi connectivity index (χ4v) is 1.37. The summed E-state index contributed by atoms with van der Waals surface area (Å²) < 4.78 is 0. The third-order valence-electron chi connectivity index (χ3n) is 2.37. The zero-order valence-electron chi connectivity index (χ0n) is 11.0. The molecule has 1 aromatic rings.